The zero-order chi connectivity index (χ0) is 31.7. The number of ether oxygens (including phenoxy) is 1. The lowest BCUT2D eigenvalue weighted by atomic mass is 10.2. The Balaban J connectivity index is 1.28. The molecule has 1 atom stereocenters. The Labute approximate surface area is 258 Å². The topological polar surface area (TPSA) is 131 Å². The molecule has 5 aromatic rings. The summed E-state index contributed by atoms with van der Waals surface area (Å²) >= 11 is 0. The Kier molecular flexibility index (Phi) is 7.92. The molecule has 2 N–H and O–H groups in total. The number of rotatable bonds is 10. The summed E-state index contributed by atoms with van der Waals surface area (Å²) < 4.78 is 21.8. The summed E-state index contributed by atoms with van der Waals surface area (Å²) in [4.78, 5) is 36.9. The third-order valence-corrected chi connectivity index (χ3v) is 7.89. The van der Waals surface area contributed by atoms with Crippen LogP contribution in [0, 0.1) is 11.0 Å². The van der Waals surface area contributed by atoms with E-state index >= 15 is 0 Å². The first kappa shape index (κ1) is 29.7. The quantitative estimate of drug-likeness (QED) is 0.140. The number of anilines is 2. The molecule has 0 bridgehead atoms. The number of aromatic nitrogens is 4. The number of benzene rings is 3. The molecule has 1 fully saturated rings. The van der Waals surface area contributed by atoms with E-state index < -0.39 is 5.69 Å². The van der Waals surface area contributed by atoms with Crippen LogP contribution in [0.2, 0.25) is 0 Å². The van der Waals surface area contributed by atoms with E-state index in [-0.39, 0.29) is 47.0 Å². The van der Waals surface area contributed by atoms with Gasteiger partial charge in [0.2, 0.25) is 0 Å². The largest absolute Gasteiger partial charge is 0.633 e. The smallest absolute Gasteiger partial charge is 0.339 e. The highest BCUT2D eigenvalue weighted by atomic mass is 19.1. The lowest BCUT2D eigenvalue weighted by Crippen LogP contribution is -2.40. The third-order valence-electron chi connectivity index (χ3n) is 7.89. The predicted octanol–water partition coefficient (Wildman–Crippen LogP) is 4.50. The number of imidazole rings is 1. The van der Waals surface area contributed by atoms with Gasteiger partial charge in [-0.2, -0.15) is 0 Å². The lowest BCUT2D eigenvalue weighted by molar-refractivity contribution is -0.865. The van der Waals surface area contributed by atoms with Gasteiger partial charge in [0, 0.05) is 31.7 Å². The second kappa shape index (κ2) is 12.0. The summed E-state index contributed by atoms with van der Waals surface area (Å²) in [7, 11) is 3.25. The second-order valence-corrected chi connectivity index (χ2v) is 11.2. The van der Waals surface area contributed by atoms with Crippen LogP contribution in [0.5, 0.6) is 5.75 Å². The Morgan fingerprint density at radius 1 is 1.09 bits per heavy atom. The van der Waals surface area contributed by atoms with Gasteiger partial charge in [0.25, 0.3) is 5.91 Å². The summed E-state index contributed by atoms with van der Waals surface area (Å²) in [6.07, 6.45) is 6.14. The molecule has 0 radical (unpaired) electrons. The molecule has 2 aromatic heterocycles. The van der Waals surface area contributed by atoms with Crippen molar-refractivity contribution in [2.45, 2.75) is 25.5 Å². The van der Waals surface area contributed by atoms with Crippen LogP contribution in [-0.2, 0) is 11.4 Å². The standard InChI is InChI=1S/C33H32FN7O4/c1-38(29(42)10-5-17-41(2,44)27-13-14-27)25-8-4-9-26(19-25)40-32-30(31(35)36-21-37-32)39(33(40)43)24-11-15-28(16-12-24)45-20-22-6-3-7-23(34)18-22/h3-12,15-16,18-19,21,27H,13-14,17,20H2,1-2H3,(H2,35,36,37)/b10-5+. The molecule has 0 spiro atoms. The van der Waals surface area contributed by atoms with Crippen molar-refractivity contribution in [2.75, 3.05) is 31.3 Å². The summed E-state index contributed by atoms with van der Waals surface area (Å²) in [5.41, 5.74) is 8.64. The molecule has 2 heterocycles. The summed E-state index contributed by atoms with van der Waals surface area (Å²) in [6.45, 7) is 0.401. The maximum absolute atomic E-state index is 14.0. The fourth-order valence-corrected chi connectivity index (χ4v) is 5.22. The fraction of sp³-hybridized carbons (Fsp3) is 0.212. The van der Waals surface area contributed by atoms with E-state index in [0.717, 1.165) is 12.8 Å². The highest BCUT2D eigenvalue weighted by Crippen LogP contribution is 2.31. The zero-order valence-corrected chi connectivity index (χ0v) is 24.8. The first-order valence-corrected chi connectivity index (χ1v) is 14.4. The van der Waals surface area contributed by atoms with Crippen LogP contribution < -0.4 is 21.1 Å². The molecule has 1 saturated carbocycles. The molecular weight excluding hydrogens is 577 g/mol. The van der Waals surface area contributed by atoms with E-state index in [2.05, 4.69) is 9.97 Å². The number of quaternary nitrogens is 1. The number of carbonyl (C=O) groups excluding carboxylic acids is 1. The van der Waals surface area contributed by atoms with Gasteiger partial charge < -0.3 is 25.2 Å². The van der Waals surface area contributed by atoms with E-state index in [0.29, 0.717) is 33.9 Å². The molecule has 1 aliphatic rings. The average Bonchev–Trinajstić information content (AvgIpc) is 3.85. The summed E-state index contributed by atoms with van der Waals surface area (Å²) in [5.74, 6) is 0.00816. The van der Waals surface area contributed by atoms with Crippen LogP contribution >= 0.6 is 0 Å². The number of fused-ring (bicyclic) bond motifs is 1. The van der Waals surface area contributed by atoms with Crippen LogP contribution in [0.3, 0.4) is 0 Å². The van der Waals surface area contributed by atoms with Gasteiger partial charge in [-0.3, -0.25) is 9.36 Å². The molecule has 45 heavy (non-hydrogen) atoms. The van der Waals surface area contributed by atoms with Crippen molar-refractivity contribution in [3.8, 4) is 17.1 Å². The number of likely N-dealkylation sites (N-methyl/N-ethyl adjacent to an activating group) is 2. The molecule has 6 rings (SSSR count). The van der Waals surface area contributed by atoms with Gasteiger partial charge in [-0.1, -0.05) is 18.2 Å². The fourth-order valence-electron chi connectivity index (χ4n) is 5.22. The first-order chi connectivity index (χ1) is 21.6. The number of nitrogens with two attached hydrogens (primary N) is 1. The number of hydroxylamine groups is 3. The van der Waals surface area contributed by atoms with Crippen molar-refractivity contribution in [1.82, 2.24) is 19.1 Å². The Morgan fingerprint density at radius 3 is 2.58 bits per heavy atom. The number of hydrogen-bond acceptors (Lipinski definition) is 7. The van der Waals surface area contributed by atoms with Crippen molar-refractivity contribution in [2.24, 2.45) is 0 Å². The molecule has 230 valence electrons. The van der Waals surface area contributed by atoms with Crippen LogP contribution in [0.4, 0.5) is 15.9 Å². The van der Waals surface area contributed by atoms with Crippen molar-refractivity contribution in [3.05, 3.63) is 118 Å². The van der Waals surface area contributed by atoms with E-state index in [9.17, 15) is 19.2 Å². The predicted molar refractivity (Wildman–Crippen MR) is 170 cm³/mol. The van der Waals surface area contributed by atoms with E-state index in [4.69, 9.17) is 10.5 Å². The normalized spacial score (nSPS) is 14.5. The number of hydrogen-bond donors (Lipinski definition) is 1. The summed E-state index contributed by atoms with van der Waals surface area (Å²) in [5, 5.41) is 12.6. The number of amides is 1. The van der Waals surface area contributed by atoms with E-state index in [1.54, 1.807) is 80.8 Å². The maximum Gasteiger partial charge on any atom is 0.339 e. The zero-order valence-electron chi connectivity index (χ0n) is 24.8. The number of halogens is 1. The minimum atomic E-state index is -0.441. The molecule has 0 saturated heterocycles. The minimum absolute atomic E-state index is 0.107. The highest BCUT2D eigenvalue weighted by molar-refractivity contribution is 6.01. The van der Waals surface area contributed by atoms with Crippen molar-refractivity contribution in [3.63, 3.8) is 0 Å². The van der Waals surface area contributed by atoms with Crippen LogP contribution in [0.1, 0.15) is 18.4 Å². The number of nitrogen functional groups attached to an aromatic ring is 1. The molecule has 11 nitrogen and oxygen atoms in total. The van der Waals surface area contributed by atoms with Gasteiger partial charge in [0.1, 0.15) is 30.0 Å². The lowest BCUT2D eigenvalue weighted by Gasteiger charge is -2.38. The van der Waals surface area contributed by atoms with Gasteiger partial charge in [-0.05, 0) is 66.2 Å². The van der Waals surface area contributed by atoms with Crippen molar-refractivity contribution >= 4 is 28.6 Å². The van der Waals surface area contributed by atoms with Gasteiger partial charge in [0.15, 0.2) is 11.5 Å². The molecule has 12 heteroatoms. The Bertz CT molecular complexity index is 1960. The van der Waals surface area contributed by atoms with Crippen LogP contribution in [0.25, 0.3) is 22.5 Å². The van der Waals surface area contributed by atoms with Gasteiger partial charge in [-0.15, -0.1) is 0 Å². The Hall–Kier alpha value is -5.33. The molecule has 1 amide bonds. The SMILES string of the molecule is CN(C(=O)/C=C/C[N+](C)([O-])C1CC1)c1cccc(-n2c(=O)n(-c3ccc(OCc4cccc(F)c4)cc3)c3c(N)ncnc32)c1. The van der Waals surface area contributed by atoms with E-state index in [1.165, 1.54) is 38.6 Å². The Morgan fingerprint density at radius 2 is 1.84 bits per heavy atom. The molecule has 3 aromatic carbocycles. The second-order valence-electron chi connectivity index (χ2n) is 11.2. The molecule has 0 aliphatic heterocycles. The van der Waals surface area contributed by atoms with Crippen LogP contribution in [-0.4, -0.2) is 56.3 Å². The van der Waals surface area contributed by atoms with Gasteiger partial charge in [-0.25, -0.2) is 23.7 Å². The number of carbonyl (C=O) groups is 1. The molecule has 1 aliphatic carbocycles. The minimum Gasteiger partial charge on any atom is -0.633 e. The highest BCUT2D eigenvalue weighted by Gasteiger charge is 2.34. The third kappa shape index (κ3) is 6.19. The molecule has 1 unspecified atom stereocenters. The van der Waals surface area contributed by atoms with Gasteiger partial charge in [0.05, 0.1) is 31.0 Å². The first-order valence-electron chi connectivity index (χ1n) is 14.4. The van der Waals surface area contributed by atoms with Crippen molar-refractivity contribution < 1.29 is 18.6 Å². The van der Waals surface area contributed by atoms with Crippen LogP contribution in [0.15, 0.2) is 96.1 Å². The average molecular weight is 610 g/mol. The molecular formula is C33H32FN7O4. The monoisotopic (exact) mass is 609 g/mol. The summed E-state index contributed by atoms with van der Waals surface area (Å²) in [6, 6.07) is 20.0. The van der Waals surface area contributed by atoms with Gasteiger partial charge >= 0.3 is 5.69 Å². The maximum atomic E-state index is 14.0. The van der Waals surface area contributed by atoms with Crippen molar-refractivity contribution in [1.29, 1.82) is 0 Å². The van der Waals surface area contributed by atoms with E-state index in [1.807, 2.05) is 0 Å². The number of nitrogens with zero attached hydrogens (tertiary/aromatic N) is 6.